The van der Waals surface area contributed by atoms with Crippen molar-refractivity contribution in [1.82, 2.24) is 4.90 Å². The first-order valence-corrected chi connectivity index (χ1v) is 6.64. The Hall–Kier alpha value is -1.10. The Labute approximate surface area is 108 Å². The van der Waals surface area contributed by atoms with Crippen molar-refractivity contribution in [2.75, 3.05) is 26.8 Å². The SMILES string of the molecule is CCOC(=O)CCN(C)C(=O)CC1CCCCO1. The summed E-state index contributed by atoms with van der Waals surface area (Å²) in [6.45, 7) is 3.31. The zero-order valence-corrected chi connectivity index (χ0v) is 11.3. The highest BCUT2D eigenvalue weighted by Crippen LogP contribution is 2.16. The van der Waals surface area contributed by atoms with Crippen LogP contribution < -0.4 is 0 Å². The van der Waals surface area contributed by atoms with Crippen molar-refractivity contribution in [3.63, 3.8) is 0 Å². The van der Waals surface area contributed by atoms with E-state index < -0.39 is 0 Å². The zero-order chi connectivity index (χ0) is 13.4. The molecule has 0 spiro atoms. The van der Waals surface area contributed by atoms with Crippen molar-refractivity contribution in [1.29, 1.82) is 0 Å². The summed E-state index contributed by atoms with van der Waals surface area (Å²) in [6.07, 6.45) is 3.89. The zero-order valence-electron chi connectivity index (χ0n) is 11.3. The maximum Gasteiger partial charge on any atom is 0.307 e. The van der Waals surface area contributed by atoms with Crippen LogP contribution in [0.3, 0.4) is 0 Å². The average molecular weight is 257 g/mol. The topological polar surface area (TPSA) is 55.8 Å². The minimum absolute atomic E-state index is 0.0335. The highest BCUT2D eigenvalue weighted by molar-refractivity contribution is 5.77. The van der Waals surface area contributed by atoms with Crippen molar-refractivity contribution in [2.45, 2.75) is 45.1 Å². The third kappa shape index (κ3) is 5.49. The average Bonchev–Trinajstić information content (AvgIpc) is 2.37. The van der Waals surface area contributed by atoms with Gasteiger partial charge in [-0.1, -0.05) is 0 Å². The van der Waals surface area contributed by atoms with E-state index in [9.17, 15) is 9.59 Å². The van der Waals surface area contributed by atoms with Gasteiger partial charge in [0.25, 0.3) is 0 Å². The van der Waals surface area contributed by atoms with Crippen LogP contribution in [0.2, 0.25) is 0 Å². The van der Waals surface area contributed by atoms with Crippen LogP contribution in [0, 0.1) is 0 Å². The molecule has 0 aromatic rings. The lowest BCUT2D eigenvalue weighted by Gasteiger charge is -2.24. The van der Waals surface area contributed by atoms with Crippen molar-refractivity contribution in [3.8, 4) is 0 Å². The van der Waals surface area contributed by atoms with Gasteiger partial charge < -0.3 is 14.4 Å². The first-order valence-electron chi connectivity index (χ1n) is 6.64. The molecule has 1 unspecified atom stereocenters. The molecule has 5 nitrogen and oxygen atoms in total. The predicted molar refractivity (Wildman–Crippen MR) is 67.1 cm³/mol. The van der Waals surface area contributed by atoms with Crippen LogP contribution in [0.25, 0.3) is 0 Å². The summed E-state index contributed by atoms with van der Waals surface area (Å²) in [5.74, 6) is -0.225. The van der Waals surface area contributed by atoms with Crippen LogP contribution >= 0.6 is 0 Å². The largest absolute Gasteiger partial charge is 0.466 e. The summed E-state index contributed by atoms with van der Waals surface area (Å²) in [5, 5.41) is 0. The van der Waals surface area contributed by atoms with E-state index in [-0.39, 0.29) is 24.4 Å². The molecule has 1 atom stereocenters. The maximum absolute atomic E-state index is 11.9. The standard InChI is InChI=1S/C13H23NO4/c1-3-17-13(16)7-8-14(2)12(15)10-11-6-4-5-9-18-11/h11H,3-10H2,1-2H3. The summed E-state index contributed by atoms with van der Waals surface area (Å²) in [4.78, 5) is 24.6. The Kier molecular flexibility index (Phi) is 6.72. The van der Waals surface area contributed by atoms with E-state index in [0.29, 0.717) is 19.6 Å². The second-order valence-electron chi connectivity index (χ2n) is 4.56. The molecule has 1 aliphatic rings. The number of rotatable bonds is 6. The van der Waals surface area contributed by atoms with Gasteiger partial charge in [0.05, 0.1) is 25.6 Å². The first kappa shape index (κ1) is 15.0. The highest BCUT2D eigenvalue weighted by atomic mass is 16.5. The molecule has 1 amide bonds. The quantitative estimate of drug-likeness (QED) is 0.674. The van der Waals surface area contributed by atoms with Gasteiger partial charge in [0.1, 0.15) is 0 Å². The molecule has 1 saturated heterocycles. The van der Waals surface area contributed by atoms with E-state index in [2.05, 4.69) is 0 Å². The number of esters is 1. The van der Waals surface area contributed by atoms with Crippen LogP contribution in [0.5, 0.6) is 0 Å². The van der Waals surface area contributed by atoms with Crippen molar-refractivity contribution in [3.05, 3.63) is 0 Å². The molecule has 0 saturated carbocycles. The molecule has 104 valence electrons. The van der Waals surface area contributed by atoms with E-state index in [0.717, 1.165) is 25.9 Å². The summed E-state index contributed by atoms with van der Waals surface area (Å²) < 4.78 is 10.3. The van der Waals surface area contributed by atoms with Crippen LogP contribution in [-0.4, -0.2) is 49.7 Å². The van der Waals surface area contributed by atoms with E-state index in [4.69, 9.17) is 9.47 Å². The lowest BCUT2D eigenvalue weighted by atomic mass is 10.1. The normalized spacial score (nSPS) is 19.3. The van der Waals surface area contributed by atoms with Crippen LogP contribution in [-0.2, 0) is 19.1 Å². The van der Waals surface area contributed by atoms with Gasteiger partial charge in [-0.2, -0.15) is 0 Å². The van der Waals surface area contributed by atoms with Crippen molar-refractivity contribution < 1.29 is 19.1 Å². The summed E-state index contributed by atoms with van der Waals surface area (Å²) in [7, 11) is 1.71. The van der Waals surface area contributed by atoms with Gasteiger partial charge in [-0.15, -0.1) is 0 Å². The smallest absolute Gasteiger partial charge is 0.307 e. The molecular formula is C13H23NO4. The number of ether oxygens (including phenoxy) is 2. The molecule has 1 aliphatic heterocycles. The third-order valence-electron chi connectivity index (χ3n) is 3.06. The maximum atomic E-state index is 11.9. The number of hydrogen-bond donors (Lipinski definition) is 0. The van der Waals surface area contributed by atoms with E-state index >= 15 is 0 Å². The van der Waals surface area contributed by atoms with Gasteiger partial charge in [0.15, 0.2) is 0 Å². The van der Waals surface area contributed by atoms with E-state index in [1.54, 1.807) is 18.9 Å². The molecule has 1 fully saturated rings. The van der Waals surface area contributed by atoms with Gasteiger partial charge in [-0.3, -0.25) is 9.59 Å². The Morgan fingerprint density at radius 2 is 2.17 bits per heavy atom. The molecule has 5 heteroatoms. The Balaban J connectivity index is 2.21. The van der Waals surface area contributed by atoms with Crippen molar-refractivity contribution >= 4 is 11.9 Å². The van der Waals surface area contributed by atoms with Gasteiger partial charge in [0, 0.05) is 20.2 Å². The molecular weight excluding hydrogens is 234 g/mol. The molecule has 1 rings (SSSR count). The second kappa shape index (κ2) is 8.08. The number of hydrogen-bond acceptors (Lipinski definition) is 4. The van der Waals surface area contributed by atoms with Crippen LogP contribution in [0.15, 0.2) is 0 Å². The second-order valence-corrected chi connectivity index (χ2v) is 4.56. The number of nitrogens with zero attached hydrogens (tertiary/aromatic N) is 1. The fraction of sp³-hybridized carbons (Fsp3) is 0.846. The Morgan fingerprint density at radius 1 is 1.39 bits per heavy atom. The van der Waals surface area contributed by atoms with Gasteiger partial charge in [0.2, 0.25) is 5.91 Å². The van der Waals surface area contributed by atoms with E-state index in [1.807, 2.05) is 0 Å². The molecule has 1 heterocycles. The first-order chi connectivity index (χ1) is 8.63. The minimum atomic E-state index is -0.258. The third-order valence-corrected chi connectivity index (χ3v) is 3.06. The van der Waals surface area contributed by atoms with Gasteiger partial charge >= 0.3 is 5.97 Å². The molecule has 18 heavy (non-hydrogen) atoms. The monoisotopic (exact) mass is 257 g/mol. The summed E-state index contributed by atoms with van der Waals surface area (Å²) >= 11 is 0. The van der Waals surface area contributed by atoms with Crippen LogP contribution in [0.1, 0.15) is 39.0 Å². The number of carbonyl (C=O) groups excluding carboxylic acids is 2. The summed E-state index contributed by atoms with van der Waals surface area (Å²) in [6, 6.07) is 0. The minimum Gasteiger partial charge on any atom is -0.466 e. The molecule has 0 N–H and O–H groups in total. The molecule has 0 bridgehead atoms. The molecule has 0 aromatic heterocycles. The number of amides is 1. The molecule has 0 aliphatic carbocycles. The van der Waals surface area contributed by atoms with E-state index in [1.165, 1.54) is 0 Å². The van der Waals surface area contributed by atoms with Crippen LogP contribution in [0.4, 0.5) is 0 Å². The lowest BCUT2D eigenvalue weighted by molar-refractivity contribution is -0.144. The fourth-order valence-electron chi connectivity index (χ4n) is 1.94. The highest BCUT2D eigenvalue weighted by Gasteiger charge is 2.20. The Bertz CT molecular complexity index is 274. The molecule has 0 radical (unpaired) electrons. The van der Waals surface area contributed by atoms with Gasteiger partial charge in [-0.25, -0.2) is 0 Å². The Morgan fingerprint density at radius 3 is 2.78 bits per heavy atom. The molecule has 0 aromatic carbocycles. The predicted octanol–water partition coefficient (Wildman–Crippen LogP) is 1.36. The lowest BCUT2D eigenvalue weighted by Crippen LogP contribution is -2.33. The number of carbonyl (C=O) groups is 2. The summed E-state index contributed by atoms with van der Waals surface area (Å²) in [5.41, 5.74) is 0. The van der Waals surface area contributed by atoms with Gasteiger partial charge in [-0.05, 0) is 26.2 Å². The van der Waals surface area contributed by atoms with Crippen molar-refractivity contribution in [2.24, 2.45) is 0 Å². The fourth-order valence-corrected chi connectivity index (χ4v) is 1.94.